The van der Waals surface area contributed by atoms with Crippen LogP contribution in [0.5, 0.6) is 5.75 Å². The highest BCUT2D eigenvalue weighted by atomic mass is 16.6. The molecule has 0 spiro atoms. The van der Waals surface area contributed by atoms with Gasteiger partial charge in [0, 0.05) is 33.9 Å². The molecule has 0 bridgehead atoms. The second-order valence-corrected chi connectivity index (χ2v) is 10.8. The first-order valence-corrected chi connectivity index (χ1v) is 11.1. The Hall–Kier alpha value is -3.80. The van der Waals surface area contributed by atoms with Crippen LogP contribution in [0.1, 0.15) is 84.5 Å². The molecule has 0 saturated heterocycles. The van der Waals surface area contributed by atoms with Gasteiger partial charge in [0.1, 0.15) is 11.3 Å². The van der Waals surface area contributed by atoms with Crippen LogP contribution in [0.3, 0.4) is 0 Å². The van der Waals surface area contributed by atoms with Gasteiger partial charge in [0.25, 0.3) is 5.69 Å². The summed E-state index contributed by atoms with van der Waals surface area (Å²) >= 11 is 0. The summed E-state index contributed by atoms with van der Waals surface area (Å²) in [5.41, 5.74) is 1.47. The molecule has 0 amide bonds. The maximum absolute atomic E-state index is 13.6. The van der Waals surface area contributed by atoms with Crippen molar-refractivity contribution in [1.29, 1.82) is 0 Å². The third-order valence-electron chi connectivity index (χ3n) is 6.29. The highest BCUT2D eigenvalue weighted by molar-refractivity contribution is 6.31. The standard InChI is InChI=1S/C28H27NO5/c1-27(2,3)19-13-15(14-20(26(19)32)28(4,5)6)16-11-12-21(29(33)34)23-22(16)24(30)17-9-7-8-10-18(17)25(23)31/h7-14,32H,1-6H3. The van der Waals surface area contributed by atoms with Crippen LogP contribution >= 0.6 is 0 Å². The Kier molecular flexibility index (Phi) is 5.24. The van der Waals surface area contributed by atoms with E-state index in [0.717, 1.165) is 0 Å². The fraction of sp³-hybridized carbons (Fsp3) is 0.286. The Labute approximate surface area is 198 Å². The number of nitro groups is 1. The lowest BCUT2D eigenvalue weighted by molar-refractivity contribution is -0.385. The molecule has 0 saturated carbocycles. The Balaban J connectivity index is 2.12. The van der Waals surface area contributed by atoms with Gasteiger partial charge in [0.15, 0.2) is 5.78 Å². The first-order chi connectivity index (χ1) is 15.7. The third-order valence-corrected chi connectivity index (χ3v) is 6.29. The van der Waals surface area contributed by atoms with E-state index in [-0.39, 0.29) is 28.0 Å². The monoisotopic (exact) mass is 457 g/mol. The number of phenolic OH excluding ortho intramolecular Hbond substituents is 1. The number of hydrogen-bond acceptors (Lipinski definition) is 5. The molecule has 0 radical (unpaired) electrons. The summed E-state index contributed by atoms with van der Waals surface area (Å²) in [6.07, 6.45) is 0. The van der Waals surface area contributed by atoms with E-state index in [1.165, 1.54) is 18.2 Å². The van der Waals surface area contributed by atoms with Gasteiger partial charge in [-0.2, -0.15) is 0 Å². The summed E-state index contributed by atoms with van der Waals surface area (Å²) in [7, 11) is 0. The lowest BCUT2D eigenvalue weighted by atomic mass is 9.75. The van der Waals surface area contributed by atoms with Gasteiger partial charge in [-0.15, -0.1) is 0 Å². The third kappa shape index (κ3) is 3.59. The predicted octanol–water partition coefficient (Wildman–Crippen LogP) is 6.34. The molecular formula is C28H27NO5. The molecule has 0 aliphatic heterocycles. The number of phenols is 1. The van der Waals surface area contributed by atoms with Gasteiger partial charge >= 0.3 is 0 Å². The van der Waals surface area contributed by atoms with Crippen molar-refractivity contribution >= 4 is 17.3 Å². The summed E-state index contributed by atoms with van der Waals surface area (Å²) in [6.45, 7) is 11.9. The van der Waals surface area contributed by atoms with Crippen LogP contribution in [0, 0.1) is 10.1 Å². The zero-order valence-corrected chi connectivity index (χ0v) is 20.1. The topological polar surface area (TPSA) is 97.5 Å². The minimum absolute atomic E-state index is 0.0308. The number of hydrogen-bond donors (Lipinski definition) is 1. The first-order valence-electron chi connectivity index (χ1n) is 11.1. The molecule has 1 N–H and O–H groups in total. The summed E-state index contributed by atoms with van der Waals surface area (Å²) in [4.78, 5) is 38.2. The van der Waals surface area contributed by atoms with E-state index in [0.29, 0.717) is 22.3 Å². The van der Waals surface area contributed by atoms with Crippen molar-refractivity contribution in [1.82, 2.24) is 0 Å². The Morgan fingerprint density at radius 1 is 0.735 bits per heavy atom. The Morgan fingerprint density at radius 3 is 1.65 bits per heavy atom. The SMILES string of the molecule is CC(C)(C)c1cc(-c2ccc([N+](=O)[O-])c3c2C(=O)c2ccccc2C3=O)cc(C(C)(C)C)c1O. The largest absolute Gasteiger partial charge is 0.507 e. The summed E-state index contributed by atoms with van der Waals surface area (Å²) in [5.74, 6) is -0.775. The molecule has 0 aromatic heterocycles. The van der Waals surface area contributed by atoms with Crippen LogP contribution in [-0.2, 0) is 10.8 Å². The van der Waals surface area contributed by atoms with E-state index in [9.17, 15) is 24.8 Å². The molecule has 0 atom stereocenters. The summed E-state index contributed by atoms with van der Waals surface area (Å²) in [6, 6.07) is 12.8. The number of carbonyl (C=O) groups is 2. The number of fused-ring (bicyclic) bond motifs is 2. The van der Waals surface area contributed by atoms with Crippen molar-refractivity contribution in [3.63, 3.8) is 0 Å². The fourth-order valence-corrected chi connectivity index (χ4v) is 4.53. The van der Waals surface area contributed by atoms with E-state index < -0.39 is 33.0 Å². The van der Waals surface area contributed by atoms with Crippen molar-refractivity contribution in [2.24, 2.45) is 0 Å². The van der Waals surface area contributed by atoms with Crippen LogP contribution in [0.15, 0.2) is 48.5 Å². The van der Waals surface area contributed by atoms with E-state index in [2.05, 4.69) is 0 Å². The molecule has 0 fully saturated rings. The van der Waals surface area contributed by atoms with Crippen LogP contribution in [-0.4, -0.2) is 21.6 Å². The molecule has 3 aromatic rings. The lowest BCUT2D eigenvalue weighted by Crippen LogP contribution is -2.23. The summed E-state index contributed by atoms with van der Waals surface area (Å²) in [5, 5.41) is 22.9. The van der Waals surface area contributed by atoms with Crippen molar-refractivity contribution in [2.45, 2.75) is 52.4 Å². The molecule has 0 heterocycles. The average molecular weight is 458 g/mol. The van der Waals surface area contributed by atoms with Gasteiger partial charge in [-0.3, -0.25) is 19.7 Å². The molecule has 6 heteroatoms. The molecule has 4 rings (SSSR count). The highest BCUT2D eigenvalue weighted by Crippen LogP contribution is 2.45. The van der Waals surface area contributed by atoms with E-state index in [4.69, 9.17) is 0 Å². The maximum atomic E-state index is 13.6. The van der Waals surface area contributed by atoms with Crippen molar-refractivity contribution in [3.8, 4) is 16.9 Å². The highest BCUT2D eigenvalue weighted by Gasteiger charge is 2.38. The number of benzene rings is 3. The molecule has 0 unspecified atom stereocenters. The fourth-order valence-electron chi connectivity index (χ4n) is 4.53. The van der Waals surface area contributed by atoms with Crippen LogP contribution < -0.4 is 0 Å². The van der Waals surface area contributed by atoms with E-state index >= 15 is 0 Å². The minimum Gasteiger partial charge on any atom is -0.507 e. The molecule has 1 aliphatic rings. The molecule has 3 aromatic carbocycles. The Bertz CT molecular complexity index is 1350. The van der Waals surface area contributed by atoms with Crippen molar-refractivity contribution < 1.29 is 19.6 Å². The predicted molar refractivity (Wildman–Crippen MR) is 131 cm³/mol. The van der Waals surface area contributed by atoms with Crippen molar-refractivity contribution in [3.05, 3.63) is 92.0 Å². The average Bonchev–Trinajstić information content (AvgIpc) is 2.75. The number of carbonyl (C=O) groups excluding carboxylic acids is 2. The second-order valence-electron chi connectivity index (χ2n) is 10.8. The number of nitro benzene ring substituents is 1. The molecule has 174 valence electrons. The first kappa shape index (κ1) is 23.4. The number of ketones is 2. The minimum atomic E-state index is -0.625. The molecule has 6 nitrogen and oxygen atoms in total. The molecular weight excluding hydrogens is 430 g/mol. The van der Waals surface area contributed by atoms with E-state index in [1.807, 2.05) is 53.7 Å². The molecule has 1 aliphatic carbocycles. The van der Waals surface area contributed by atoms with Crippen LogP contribution in [0.25, 0.3) is 11.1 Å². The quantitative estimate of drug-likeness (QED) is 0.280. The second kappa shape index (κ2) is 7.62. The Morgan fingerprint density at radius 2 is 1.21 bits per heavy atom. The van der Waals surface area contributed by atoms with Gasteiger partial charge in [0.2, 0.25) is 5.78 Å². The van der Waals surface area contributed by atoms with Gasteiger partial charge in [-0.1, -0.05) is 65.8 Å². The van der Waals surface area contributed by atoms with Gasteiger partial charge in [-0.05, 0) is 40.2 Å². The number of aromatic hydroxyl groups is 1. The number of rotatable bonds is 2. The number of nitrogens with zero attached hydrogens (tertiary/aromatic N) is 1. The summed E-state index contributed by atoms with van der Waals surface area (Å²) < 4.78 is 0. The normalized spacial score (nSPS) is 13.5. The molecule has 34 heavy (non-hydrogen) atoms. The smallest absolute Gasteiger partial charge is 0.281 e. The maximum Gasteiger partial charge on any atom is 0.281 e. The van der Waals surface area contributed by atoms with Gasteiger partial charge in [-0.25, -0.2) is 0 Å². The lowest BCUT2D eigenvalue weighted by Gasteiger charge is -2.29. The van der Waals surface area contributed by atoms with Crippen LogP contribution in [0.4, 0.5) is 5.69 Å². The van der Waals surface area contributed by atoms with Gasteiger partial charge < -0.3 is 5.11 Å². The van der Waals surface area contributed by atoms with Crippen LogP contribution in [0.2, 0.25) is 0 Å². The van der Waals surface area contributed by atoms with Gasteiger partial charge in [0.05, 0.1) is 4.92 Å². The zero-order chi connectivity index (χ0) is 25.2. The zero-order valence-electron chi connectivity index (χ0n) is 20.1. The van der Waals surface area contributed by atoms with E-state index in [1.54, 1.807) is 18.2 Å². The van der Waals surface area contributed by atoms with Crippen molar-refractivity contribution in [2.75, 3.05) is 0 Å².